The predicted molar refractivity (Wildman–Crippen MR) is 63.1 cm³/mol. The summed E-state index contributed by atoms with van der Waals surface area (Å²) in [5.41, 5.74) is 0. The average molecular weight is 296 g/mol. The van der Waals surface area contributed by atoms with Crippen molar-refractivity contribution in [3.63, 3.8) is 0 Å². The van der Waals surface area contributed by atoms with Gasteiger partial charge >= 0.3 is 5.97 Å². The molecule has 0 spiro atoms. The molecule has 0 radical (unpaired) electrons. The second-order valence-corrected chi connectivity index (χ2v) is 3.67. The van der Waals surface area contributed by atoms with Crippen LogP contribution in [-0.4, -0.2) is 17.0 Å². The molecule has 0 fully saturated rings. The van der Waals surface area contributed by atoms with E-state index < -0.39 is 0 Å². The maximum absolute atomic E-state index is 10.9. The van der Waals surface area contributed by atoms with Crippen LogP contribution < -0.4 is 0 Å². The minimum atomic E-state index is -0.215. The Balaban J connectivity index is 3.22. The molecule has 76 valence electrons. The van der Waals surface area contributed by atoms with Gasteiger partial charge in [-0.1, -0.05) is 54.9 Å². The average Bonchev–Trinajstić information content (AvgIpc) is 2.14. The molecule has 0 heterocycles. The molecule has 0 rings (SSSR count). The Hall–Kier alpha value is -0.0600. The molecule has 0 saturated heterocycles. The highest BCUT2D eigenvalue weighted by Crippen LogP contribution is 1.99. The largest absolute Gasteiger partial charge is 0.463 e. The van der Waals surface area contributed by atoms with E-state index in [9.17, 15) is 4.79 Å². The zero-order valence-corrected chi connectivity index (χ0v) is 10.2. The summed E-state index contributed by atoms with van der Waals surface area (Å²) in [4.78, 5) is 10.9. The van der Waals surface area contributed by atoms with E-state index in [2.05, 4.69) is 29.5 Å². The van der Waals surface area contributed by atoms with E-state index in [0.717, 1.165) is 17.3 Å². The Morgan fingerprint density at radius 2 is 2.15 bits per heavy atom. The van der Waals surface area contributed by atoms with E-state index in [1.807, 2.05) is 0 Å². The van der Waals surface area contributed by atoms with Crippen molar-refractivity contribution in [3.8, 4) is 0 Å². The maximum Gasteiger partial charge on any atom is 0.330 e. The van der Waals surface area contributed by atoms with Gasteiger partial charge in [-0.3, -0.25) is 0 Å². The summed E-state index contributed by atoms with van der Waals surface area (Å²) in [7, 11) is 0. The Morgan fingerprint density at radius 3 is 2.77 bits per heavy atom. The quantitative estimate of drug-likeness (QED) is 0.237. The van der Waals surface area contributed by atoms with Crippen molar-refractivity contribution in [1.82, 2.24) is 0 Å². The number of hydrogen-bond acceptors (Lipinski definition) is 2. The molecule has 0 aromatic rings. The number of halogens is 1. The molecule has 13 heavy (non-hydrogen) atoms. The molecule has 0 bridgehead atoms. The Kier molecular flexibility index (Phi) is 9.98. The maximum atomic E-state index is 10.9. The van der Waals surface area contributed by atoms with Crippen molar-refractivity contribution in [2.24, 2.45) is 0 Å². The molecule has 0 aliphatic carbocycles. The summed E-state index contributed by atoms with van der Waals surface area (Å²) in [5, 5.41) is 0. The number of esters is 1. The van der Waals surface area contributed by atoms with Gasteiger partial charge in [0.15, 0.2) is 0 Å². The lowest BCUT2D eigenvalue weighted by atomic mass is 10.2. The normalized spacial score (nSPS) is 10.6. The van der Waals surface area contributed by atoms with Gasteiger partial charge in [-0.2, -0.15) is 0 Å². The van der Waals surface area contributed by atoms with Crippen molar-refractivity contribution in [1.29, 1.82) is 0 Å². The van der Waals surface area contributed by atoms with Crippen LogP contribution in [0.1, 0.15) is 32.6 Å². The Labute approximate surface area is 93.9 Å². The third kappa shape index (κ3) is 9.86. The summed E-state index contributed by atoms with van der Waals surface area (Å²) >= 11 is 2.18. The zero-order chi connectivity index (χ0) is 9.94. The van der Waals surface area contributed by atoms with Crippen LogP contribution in [-0.2, 0) is 9.53 Å². The lowest BCUT2D eigenvalue weighted by Crippen LogP contribution is -2.02. The molecule has 0 saturated carbocycles. The van der Waals surface area contributed by atoms with E-state index in [-0.39, 0.29) is 5.97 Å². The van der Waals surface area contributed by atoms with E-state index in [1.54, 1.807) is 6.08 Å². The van der Waals surface area contributed by atoms with Crippen molar-refractivity contribution in [3.05, 3.63) is 12.2 Å². The summed E-state index contributed by atoms with van der Waals surface area (Å²) in [5.74, 6) is -0.215. The first-order chi connectivity index (χ1) is 6.31. The van der Waals surface area contributed by atoms with Gasteiger partial charge in [-0.15, -0.1) is 0 Å². The van der Waals surface area contributed by atoms with Crippen molar-refractivity contribution in [2.75, 3.05) is 11.0 Å². The van der Waals surface area contributed by atoms with Gasteiger partial charge in [0.2, 0.25) is 0 Å². The third-order valence-corrected chi connectivity index (χ3v) is 2.09. The number of rotatable bonds is 7. The fourth-order valence-corrected chi connectivity index (χ4v) is 1.14. The summed E-state index contributed by atoms with van der Waals surface area (Å²) in [6, 6.07) is 0. The van der Waals surface area contributed by atoms with Gasteiger partial charge in [0.05, 0.1) is 6.61 Å². The first-order valence-electron chi connectivity index (χ1n) is 4.70. The first kappa shape index (κ1) is 12.9. The molecule has 2 nitrogen and oxygen atoms in total. The molecule has 0 aromatic carbocycles. The van der Waals surface area contributed by atoms with Crippen LogP contribution in [0.5, 0.6) is 0 Å². The summed E-state index contributed by atoms with van der Waals surface area (Å²) in [6.45, 7) is 2.72. The smallest absolute Gasteiger partial charge is 0.330 e. The van der Waals surface area contributed by atoms with Crippen molar-refractivity contribution < 1.29 is 9.53 Å². The van der Waals surface area contributed by atoms with Gasteiger partial charge in [-0.05, 0) is 6.42 Å². The molecular weight excluding hydrogens is 279 g/mol. The molecule has 0 amide bonds. The highest BCUT2D eigenvalue weighted by atomic mass is 127. The van der Waals surface area contributed by atoms with Crippen LogP contribution in [0.15, 0.2) is 12.2 Å². The zero-order valence-electron chi connectivity index (χ0n) is 8.09. The molecular formula is C10H17IO2. The van der Waals surface area contributed by atoms with Crippen LogP contribution >= 0.6 is 22.6 Å². The monoisotopic (exact) mass is 296 g/mol. The number of unbranched alkanes of at least 4 members (excludes halogenated alkanes) is 3. The van der Waals surface area contributed by atoms with Crippen molar-refractivity contribution >= 4 is 28.6 Å². The minimum absolute atomic E-state index is 0.215. The van der Waals surface area contributed by atoms with Crippen LogP contribution in [0.25, 0.3) is 0 Å². The van der Waals surface area contributed by atoms with Crippen molar-refractivity contribution in [2.45, 2.75) is 32.6 Å². The molecule has 0 atom stereocenters. The van der Waals surface area contributed by atoms with Crippen LogP contribution in [0.4, 0.5) is 0 Å². The molecule has 0 N–H and O–H groups in total. The van der Waals surface area contributed by atoms with Gasteiger partial charge in [0.1, 0.15) is 0 Å². The molecule has 0 aliphatic heterocycles. The standard InChI is InChI=1S/C10H17IO2/c1-2-3-4-5-9-13-10(12)7-6-8-11/h6-7H,2-5,8-9H2,1H3. The summed E-state index contributed by atoms with van der Waals surface area (Å²) in [6.07, 6.45) is 7.86. The molecule has 0 aromatic heterocycles. The predicted octanol–water partition coefficient (Wildman–Crippen LogP) is 3.10. The number of hydrogen-bond donors (Lipinski definition) is 0. The fourth-order valence-electron chi connectivity index (χ4n) is 0.890. The second kappa shape index (κ2) is 10.0. The van der Waals surface area contributed by atoms with Gasteiger partial charge in [0, 0.05) is 10.5 Å². The number of ether oxygens (including phenoxy) is 1. The van der Waals surface area contributed by atoms with E-state index in [0.29, 0.717) is 6.61 Å². The number of carbonyl (C=O) groups is 1. The number of alkyl halides is 1. The lowest BCUT2D eigenvalue weighted by molar-refractivity contribution is -0.137. The topological polar surface area (TPSA) is 26.3 Å². The van der Waals surface area contributed by atoms with Crippen LogP contribution in [0.3, 0.4) is 0 Å². The van der Waals surface area contributed by atoms with Gasteiger partial charge < -0.3 is 4.74 Å². The first-order valence-corrected chi connectivity index (χ1v) is 6.23. The third-order valence-electron chi connectivity index (χ3n) is 1.59. The summed E-state index contributed by atoms with van der Waals surface area (Å²) < 4.78 is 5.81. The van der Waals surface area contributed by atoms with E-state index >= 15 is 0 Å². The van der Waals surface area contributed by atoms with Gasteiger partial charge in [0.25, 0.3) is 0 Å². The number of carbonyl (C=O) groups excluding carboxylic acids is 1. The van der Waals surface area contributed by atoms with E-state index in [1.165, 1.54) is 18.9 Å². The number of allylic oxidation sites excluding steroid dienone is 1. The molecule has 3 heteroatoms. The highest BCUT2D eigenvalue weighted by molar-refractivity contribution is 14.1. The minimum Gasteiger partial charge on any atom is -0.463 e. The molecule has 0 unspecified atom stereocenters. The van der Waals surface area contributed by atoms with Crippen LogP contribution in [0, 0.1) is 0 Å². The highest BCUT2D eigenvalue weighted by Gasteiger charge is 1.95. The molecule has 0 aliphatic rings. The van der Waals surface area contributed by atoms with Gasteiger partial charge in [-0.25, -0.2) is 4.79 Å². The SMILES string of the molecule is CCCCCCOC(=O)C=CCI. The lowest BCUT2D eigenvalue weighted by Gasteiger charge is -2.00. The Morgan fingerprint density at radius 1 is 1.38 bits per heavy atom. The van der Waals surface area contributed by atoms with Crippen LogP contribution in [0.2, 0.25) is 0 Å². The second-order valence-electron chi connectivity index (χ2n) is 2.78. The van der Waals surface area contributed by atoms with E-state index in [4.69, 9.17) is 4.74 Å². The fraction of sp³-hybridized carbons (Fsp3) is 0.700. The Bertz CT molecular complexity index is 155.